The number of carbonyl (C=O) groups excluding carboxylic acids is 1. The summed E-state index contributed by atoms with van der Waals surface area (Å²) in [7, 11) is 0. The minimum atomic E-state index is -0.745. The molecule has 0 bridgehead atoms. The summed E-state index contributed by atoms with van der Waals surface area (Å²) in [6.45, 7) is 4.48. The van der Waals surface area contributed by atoms with Crippen LogP contribution in [-0.2, 0) is 4.79 Å². The Balaban J connectivity index is 2.14. The second-order valence-corrected chi connectivity index (χ2v) is 8.05. The van der Waals surface area contributed by atoms with E-state index < -0.39 is 12.1 Å². The van der Waals surface area contributed by atoms with Crippen LogP contribution in [0.3, 0.4) is 0 Å². The van der Waals surface area contributed by atoms with E-state index in [1.165, 1.54) is 64.2 Å². The first-order valence-electron chi connectivity index (χ1n) is 10.9. The van der Waals surface area contributed by atoms with E-state index in [2.05, 4.69) is 17.6 Å². The molecule has 0 spiro atoms. The Bertz CT molecular complexity index is 363. The van der Waals surface area contributed by atoms with Crippen LogP contribution in [0.1, 0.15) is 90.9 Å². The Hall–Kier alpha value is -0.650. The lowest BCUT2D eigenvalue weighted by atomic mass is 9.87. The summed E-state index contributed by atoms with van der Waals surface area (Å²) >= 11 is 0. The number of aliphatic hydroxyl groups excluding tert-OH is 2. The van der Waals surface area contributed by atoms with Crippen molar-refractivity contribution in [3.8, 4) is 0 Å². The molecule has 5 nitrogen and oxygen atoms in total. The van der Waals surface area contributed by atoms with Crippen molar-refractivity contribution >= 4 is 5.91 Å². The van der Waals surface area contributed by atoms with Crippen LogP contribution in [0.2, 0.25) is 0 Å². The molecule has 0 aromatic heterocycles. The minimum Gasteiger partial charge on any atom is -0.394 e. The van der Waals surface area contributed by atoms with Gasteiger partial charge in [-0.05, 0) is 32.2 Å². The molecule has 1 rings (SSSR count). The molecular formula is C21H42N2O3. The molecule has 1 fully saturated rings. The molecule has 26 heavy (non-hydrogen) atoms. The monoisotopic (exact) mass is 370 g/mol. The summed E-state index contributed by atoms with van der Waals surface area (Å²) in [6, 6.07) is -0.776. The van der Waals surface area contributed by atoms with Gasteiger partial charge in [0.2, 0.25) is 5.91 Å². The molecule has 0 aromatic carbocycles. The molecule has 0 aromatic rings. The van der Waals surface area contributed by atoms with E-state index in [9.17, 15) is 15.0 Å². The fourth-order valence-electron chi connectivity index (χ4n) is 3.80. The van der Waals surface area contributed by atoms with Gasteiger partial charge in [0.15, 0.2) is 0 Å². The summed E-state index contributed by atoms with van der Waals surface area (Å²) in [4.78, 5) is 12.3. The molecule has 1 aliphatic rings. The van der Waals surface area contributed by atoms with Crippen molar-refractivity contribution in [2.75, 3.05) is 13.2 Å². The average Bonchev–Trinajstić information content (AvgIpc) is 2.64. The first kappa shape index (κ1) is 23.4. The Labute approximate surface area is 160 Å². The van der Waals surface area contributed by atoms with Crippen LogP contribution in [0, 0.1) is 5.92 Å². The van der Waals surface area contributed by atoms with Gasteiger partial charge in [0.25, 0.3) is 0 Å². The van der Waals surface area contributed by atoms with Crippen LogP contribution in [-0.4, -0.2) is 47.5 Å². The number of hydrogen-bond donors (Lipinski definition) is 4. The van der Waals surface area contributed by atoms with Crippen molar-refractivity contribution in [3.63, 3.8) is 0 Å². The molecule has 4 N–H and O–H groups in total. The maximum Gasteiger partial charge on any atom is 0.237 e. The lowest BCUT2D eigenvalue weighted by molar-refractivity contribution is -0.126. The smallest absolute Gasteiger partial charge is 0.237 e. The number of rotatable bonds is 14. The quantitative estimate of drug-likeness (QED) is 0.354. The Kier molecular flexibility index (Phi) is 13.0. The minimum absolute atomic E-state index is 0.0956. The molecule has 154 valence electrons. The molecule has 4 atom stereocenters. The molecule has 0 radical (unpaired) electrons. The fourth-order valence-corrected chi connectivity index (χ4v) is 3.80. The molecule has 1 aliphatic heterocycles. The second kappa shape index (κ2) is 14.4. The highest BCUT2D eigenvalue weighted by atomic mass is 16.3. The largest absolute Gasteiger partial charge is 0.394 e. The van der Waals surface area contributed by atoms with E-state index in [0.29, 0.717) is 5.92 Å². The number of hydrogen-bond acceptors (Lipinski definition) is 4. The number of carbonyl (C=O) groups is 1. The van der Waals surface area contributed by atoms with Crippen LogP contribution in [0.15, 0.2) is 0 Å². The third-order valence-electron chi connectivity index (χ3n) is 5.65. The predicted molar refractivity (Wildman–Crippen MR) is 107 cm³/mol. The summed E-state index contributed by atoms with van der Waals surface area (Å²) in [5.74, 6) is 0.511. The van der Waals surface area contributed by atoms with Gasteiger partial charge >= 0.3 is 0 Å². The van der Waals surface area contributed by atoms with Gasteiger partial charge in [0.05, 0.1) is 24.8 Å². The van der Waals surface area contributed by atoms with Gasteiger partial charge in [-0.15, -0.1) is 0 Å². The Morgan fingerprint density at radius 2 is 1.73 bits per heavy atom. The van der Waals surface area contributed by atoms with Crippen molar-refractivity contribution in [3.05, 3.63) is 0 Å². The van der Waals surface area contributed by atoms with E-state index in [4.69, 9.17) is 0 Å². The number of amides is 1. The molecule has 1 saturated heterocycles. The van der Waals surface area contributed by atoms with Gasteiger partial charge in [0, 0.05) is 0 Å². The van der Waals surface area contributed by atoms with E-state index in [1.54, 1.807) is 6.92 Å². The first-order valence-corrected chi connectivity index (χ1v) is 10.9. The van der Waals surface area contributed by atoms with Crippen LogP contribution in [0.4, 0.5) is 0 Å². The summed E-state index contributed by atoms with van der Waals surface area (Å²) in [5.41, 5.74) is 0. The third-order valence-corrected chi connectivity index (χ3v) is 5.65. The zero-order valence-corrected chi connectivity index (χ0v) is 17.0. The highest BCUT2D eigenvalue weighted by Crippen LogP contribution is 2.23. The van der Waals surface area contributed by atoms with Gasteiger partial charge in [-0.3, -0.25) is 4.79 Å². The maximum atomic E-state index is 12.3. The van der Waals surface area contributed by atoms with Crippen molar-refractivity contribution in [2.24, 2.45) is 5.92 Å². The molecule has 5 heteroatoms. The van der Waals surface area contributed by atoms with E-state index in [1.807, 2.05) is 0 Å². The summed E-state index contributed by atoms with van der Waals surface area (Å²) in [5, 5.41) is 24.8. The standard InChI is InChI=1S/C21H42N2O3/c1-3-4-5-6-7-8-9-10-11-12-18-13-14-22-19(15-18)21(26)23-20(16-24)17(2)25/h17-20,22,24-25H,3-16H2,1-2H3,(H,23,26)/t17-,18-,19+,20-/m1/s1. The highest BCUT2D eigenvalue weighted by molar-refractivity contribution is 5.82. The number of piperidine rings is 1. The maximum absolute atomic E-state index is 12.3. The van der Waals surface area contributed by atoms with Gasteiger partial charge in [-0.2, -0.15) is 0 Å². The normalized spacial score (nSPS) is 22.8. The van der Waals surface area contributed by atoms with Crippen molar-refractivity contribution in [2.45, 2.75) is 109 Å². The summed E-state index contributed by atoms with van der Waals surface area (Å²) in [6.07, 6.45) is 14.6. The zero-order chi connectivity index (χ0) is 19.2. The fraction of sp³-hybridized carbons (Fsp3) is 0.952. The third kappa shape index (κ3) is 9.89. The molecule has 0 unspecified atom stereocenters. The first-order chi connectivity index (χ1) is 12.6. The summed E-state index contributed by atoms with van der Waals surface area (Å²) < 4.78 is 0. The molecule has 0 aliphatic carbocycles. The molecule has 1 amide bonds. The zero-order valence-electron chi connectivity index (χ0n) is 17.0. The second-order valence-electron chi connectivity index (χ2n) is 8.05. The Morgan fingerprint density at radius 3 is 2.31 bits per heavy atom. The van der Waals surface area contributed by atoms with E-state index >= 15 is 0 Å². The molecular weight excluding hydrogens is 328 g/mol. The lowest BCUT2D eigenvalue weighted by Gasteiger charge is -2.31. The van der Waals surface area contributed by atoms with Crippen LogP contribution >= 0.6 is 0 Å². The van der Waals surface area contributed by atoms with E-state index in [0.717, 1.165) is 19.4 Å². The van der Waals surface area contributed by atoms with Crippen LogP contribution < -0.4 is 10.6 Å². The van der Waals surface area contributed by atoms with Gasteiger partial charge in [0.1, 0.15) is 0 Å². The highest BCUT2D eigenvalue weighted by Gasteiger charge is 2.28. The van der Waals surface area contributed by atoms with Crippen molar-refractivity contribution < 1.29 is 15.0 Å². The van der Waals surface area contributed by atoms with E-state index in [-0.39, 0.29) is 18.6 Å². The molecule has 0 saturated carbocycles. The molecule has 1 heterocycles. The lowest BCUT2D eigenvalue weighted by Crippen LogP contribution is -2.54. The topological polar surface area (TPSA) is 81.6 Å². The number of aliphatic hydroxyl groups is 2. The predicted octanol–water partition coefficient (Wildman–Crippen LogP) is 3.13. The van der Waals surface area contributed by atoms with Gasteiger partial charge in [-0.1, -0.05) is 71.1 Å². The Morgan fingerprint density at radius 1 is 1.12 bits per heavy atom. The van der Waals surface area contributed by atoms with Gasteiger partial charge < -0.3 is 20.8 Å². The number of nitrogens with one attached hydrogen (secondary N) is 2. The SMILES string of the molecule is CCCCCCCCCCC[C@@H]1CCN[C@H](C(=O)N[C@H](CO)[C@@H](C)O)C1. The van der Waals surface area contributed by atoms with Crippen LogP contribution in [0.5, 0.6) is 0 Å². The van der Waals surface area contributed by atoms with Gasteiger partial charge in [-0.25, -0.2) is 0 Å². The van der Waals surface area contributed by atoms with Crippen molar-refractivity contribution in [1.29, 1.82) is 0 Å². The number of unbranched alkanes of at least 4 members (excludes halogenated alkanes) is 8. The van der Waals surface area contributed by atoms with Crippen molar-refractivity contribution in [1.82, 2.24) is 10.6 Å². The van der Waals surface area contributed by atoms with Crippen LogP contribution in [0.25, 0.3) is 0 Å². The average molecular weight is 371 g/mol.